The number of hydrogen-bond donors (Lipinski definition) is 1. The maximum atomic E-state index is 11.4. The van der Waals surface area contributed by atoms with Gasteiger partial charge in [0.15, 0.2) is 5.76 Å². The molecule has 14 heavy (non-hydrogen) atoms. The van der Waals surface area contributed by atoms with Crippen LogP contribution in [0, 0.1) is 0 Å². The van der Waals surface area contributed by atoms with Crippen molar-refractivity contribution < 1.29 is 9.32 Å². The Kier molecular flexibility index (Phi) is 2.55. The summed E-state index contributed by atoms with van der Waals surface area (Å²) >= 11 is 1.30. The highest BCUT2D eigenvalue weighted by atomic mass is 32.1. The smallest absolute Gasteiger partial charge is 0.263 e. The zero-order chi connectivity index (χ0) is 9.80. The van der Waals surface area contributed by atoms with Crippen LogP contribution < -0.4 is 5.32 Å². The van der Waals surface area contributed by atoms with E-state index in [1.165, 1.54) is 23.7 Å². The minimum atomic E-state index is -0.149. The number of carbonyl (C=O) groups excluding carboxylic acids is 1. The molecule has 1 amide bonds. The molecular formula is C8H7N3O2S. The summed E-state index contributed by atoms with van der Waals surface area (Å²) in [4.78, 5) is 15.8. The third-order valence-electron chi connectivity index (χ3n) is 1.57. The Morgan fingerprint density at radius 3 is 3.21 bits per heavy atom. The van der Waals surface area contributed by atoms with Crippen LogP contribution in [0.5, 0.6) is 0 Å². The number of rotatable bonds is 3. The standard InChI is InChI=1S/C8H7N3O2S/c12-8(7-4-9-5-14-7)10-3-6-1-2-11-13-6/h1-2,4-5H,3H2,(H,10,12). The average Bonchev–Trinajstić information content (AvgIpc) is 2.87. The molecule has 2 rings (SSSR count). The third kappa shape index (κ3) is 1.97. The monoisotopic (exact) mass is 209 g/mol. The molecule has 2 heterocycles. The minimum Gasteiger partial charge on any atom is -0.360 e. The summed E-state index contributed by atoms with van der Waals surface area (Å²) in [6.45, 7) is 0.344. The van der Waals surface area contributed by atoms with E-state index in [2.05, 4.69) is 15.5 Å². The van der Waals surface area contributed by atoms with Gasteiger partial charge < -0.3 is 9.84 Å². The zero-order valence-electron chi connectivity index (χ0n) is 7.14. The molecule has 2 aromatic rings. The van der Waals surface area contributed by atoms with Crippen molar-refractivity contribution in [3.05, 3.63) is 34.6 Å². The van der Waals surface area contributed by atoms with Gasteiger partial charge in [-0.25, -0.2) is 0 Å². The molecule has 0 atom stereocenters. The topological polar surface area (TPSA) is 68.0 Å². The van der Waals surface area contributed by atoms with E-state index in [1.807, 2.05) is 0 Å². The SMILES string of the molecule is O=C(NCc1ccno1)c1cncs1. The van der Waals surface area contributed by atoms with Crippen molar-refractivity contribution in [2.45, 2.75) is 6.54 Å². The van der Waals surface area contributed by atoms with Gasteiger partial charge in [0.2, 0.25) is 0 Å². The Hall–Kier alpha value is -1.69. The lowest BCUT2D eigenvalue weighted by molar-refractivity contribution is 0.0951. The van der Waals surface area contributed by atoms with Gasteiger partial charge in [0.25, 0.3) is 5.91 Å². The molecule has 0 saturated carbocycles. The van der Waals surface area contributed by atoms with Crippen molar-refractivity contribution in [2.75, 3.05) is 0 Å². The van der Waals surface area contributed by atoms with Gasteiger partial charge in [-0.2, -0.15) is 0 Å². The summed E-state index contributed by atoms with van der Waals surface area (Å²) < 4.78 is 4.82. The second-order valence-corrected chi connectivity index (χ2v) is 3.41. The molecule has 0 aliphatic rings. The van der Waals surface area contributed by atoms with Crippen molar-refractivity contribution in [2.24, 2.45) is 0 Å². The van der Waals surface area contributed by atoms with Crippen molar-refractivity contribution in [1.82, 2.24) is 15.5 Å². The van der Waals surface area contributed by atoms with E-state index in [0.717, 1.165) is 0 Å². The fraction of sp³-hybridized carbons (Fsp3) is 0.125. The molecule has 0 aliphatic heterocycles. The highest BCUT2D eigenvalue weighted by Gasteiger charge is 2.07. The van der Waals surface area contributed by atoms with Crippen LogP contribution in [0.25, 0.3) is 0 Å². The molecular weight excluding hydrogens is 202 g/mol. The van der Waals surface area contributed by atoms with Gasteiger partial charge >= 0.3 is 0 Å². The quantitative estimate of drug-likeness (QED) is 0.820. The van der Waals surface area contributed by atoms with Crippen molar-refractivity contribution in [3.63, 3.8) is 0 Å². The number of nitrogens with zero attached hydrogens (tertiary/aromatic N) is 2. The normalized spacial score (nSPS) is 10.0. The summed E-state index contributed by atoms with van der Waals surface area (Å²) in [5.41, 5.74) is 1.61. The molecule has 0 aromatic carbocycles. The molecule has 6 heteroatoms. The Morgan fingerprint density at radius 1 is 1.64 bits per heavy atom. The van der Waals surface area contributed by atoms with Crippen molar-refractivity contribution >= 4 is 17.2 Å². The zero-order valence-corrected chi connectivity index (χ0v) is 7.95. The molecule has 2 aromatic heterocycles. The number of aromatic nitrogens is 2. The lowest BCUT2D eigenvalue weighted by atomic mass is 10.4. The average molecular weight is 209 g/mol. The van der Waals surface area contributed by atoms with E-state index in [1.54, 1.807) is 11.6 Å². The highest BCUT2D eigenvalue weighted by Crippen LogP contribution is 2.05. The maximum absolute atomic E-state index is 11.4. The van der Waals surface area contributed by atoms with Crippen LogP contribution >= 0.6 is 11.3 Å². The Balaban J connectivity index is 1.90. The fourth-order valence-electron chi connectivity index (χ4n) is 0.916. The number of carbonyl (C=O) groups is 1. The van der Waals surface area contributed by atoms with E-state index in [-0.39, 0.29) is 5.91 Å². The van der Waals surface area contributed by atoms with Crippen molar-refractivity contribution in [3.8, 4) is 0 Å². The summed E-state index contributed by atoms with van der Waals surface area (Å²) in [6.07, 6.45) is 3.06. The van der Waals surface area contributed by atoms with E-state index in [9.17, 15) is 4.79 Å². The van der Waals surface area contributed by atoms with E-state index >= 15 is 0 Å². The Labute approximate surface area is 83.8 Å². The first-order valence-electron chi connectivity index (χ1n) is 3.92. The summed E-state index contributed by atoms with van der Waals surface area (Å²) in [7, 11) is 0. The van der Waals surface area contributed by atoms with Crippen LogP contribution in [0.4, 0.5) is 0 Å². The first-order valence-corrected chi connectivity index (χ1v) is 4.80. The van der Waals surface area contributed by atoms with Gasteiger partial charge in [0, 0.05) is 6.07 Å². The molecule has 72 valence electrons. The van der Waals surface area contributed by atoms with Gasteiger partial charge in [-0.15, -0.1) is 11.3 Å². The Morgan fingerprint density at radius 2 is 2.57 bits per heavy atom. The summed E-state index contributed by atoms with van der Waals surface area (Å²) in [5.74, 6) is 0.478. The number of amides is 1. The van der Waals surface area contributed by atoms with Gasteiger partial charge in [0.1, 0.15) is 4.88 Å². The van der Waals surface area contributed by atoms with Gasteiger partial charge in [0.05, 0.1) is 24.4 Å². The van der Waals surface area contributed by atoms with Crippen LogP contribution in [0.15, 0.2) is 28.5 Å². The molecule has 0 fully saturated rings. The molecule has 0 unspecified atom stereocenters. The summed E-state index contributed by atoms with van der Waals surface area (Å²) in [6, 6.07) is 1.70. The van der Waals surface area contributed by atoms with Crippen LogP contribution in [-0.4, -0.2) is 16.0 Å². The largest absolute Gasteiger partial charge is 0.360 e. The minimum absolute atomic E-state index is 0.149. The van der Waals surface area contributed by atoms with Gasteiger partial charge in [-0.3, -0.25) is 9.78 Å². The second kappa shape index (κ2) is 4.01. The van der Waals surface area contributed by atoms with E-state index in [0.29, 0.717) is 17.2 Å². The first kappa shape index (κ1) is 8.89. The highest BCUT2D eigenvalue weighted by molar-refractivity contribution is 7.11. The van der Waals surface area contributed by atoms with Crippen LogP contribution in [-0.2, 0) is 6.54 Å². The molecule has 1 N–H and O–H groups in total. The molecule has 0 radical (unpaired) electrons. The number of thiazole rings is 1. The van der Waals surface area contributed by atoms with Crippen LogP contribution in [0.2, 0.25) is 0 Å². The number of hydrogen-bond acceptors (Lipinski definition) is 5. The molecule has 0 aliphatic carbocycles. The molecule has 0 bridgehead atoms. The predicted octanol–water partition coefficient (Wildman–Crippen LogP) is 1.06. The van der Waals surface area contributed by atoms with Crippen LogP contribution in [0.3, 0.4) is 0 Å². The Bertz CT molecular complexity index is 396. The number of nitrogens with one attached hydrogen (secondary N) is 1. The van der Waals surface area contributed by atoms with Gasteiger partial charge in [-0.1, -0.05) is 5.16 Å². The van der Waals surface area contributed by atoms with Crippen molar-refractivity contribution in [1.29, 1.82) is 0 Å². The second-order valence-electron chi connectivity index (χ2n) is 2.53. The van der Waals surface area contributed by atoms with Crippen LogP contribution in [0.1, 0.15) is 15.4 Å². The predicted molar refractivity (Wildman–Crippen MR) is 49.8 cm³/mol. The third-order valence-corrected chi connectivity index (χ3v) is 2.34. The summed E-state index contributed by atoms with van der Waals surface area (Å²) in [5, 5.41) is 6.21. The lowest BCUT2D eigenvalue weighted by Gasteiger charge is -1.98. The van der Waals surface area contributed by atoms with E-state index in [4.69, 9.17) is 4.52 Å². The molecule has 5 nitrogen and oxygen atoms in total. The lowest BCUT2D eigenvalue weighted by Crippen LogP contribution is -2.21. The molecule has 0 saturated heterocycles. The first-order chi connectivity index (χ1) is 6.86. The van der Waals surface area contributed by atoms with E-state index < -0.39 is 0 Å². The van der Waals surface area contributed by atoms with Gasteiger partial charge in [-0.05, 0) is 0 Å². The maximum Gasteiger partial charge on any atom is 0.263 e. The fourth-order valence-corrected chi connectivity index (χ4v) is 1.45. The molecule has 0 spiro atoms.